The minimum absolute atomic E-state index is 0.0130. The van der Waals surface area contributed by atoms with Gasteiger partial charge in [0.25, 0.3) is 0 Å². The first-order valence-corrected chi connectivity index (χ1v) is 7.20. The van der Waals surface area contributed by atoms with Crippen LogP contribution in [0.4, 0.5) is 0 Å². The highest BCUT2D eigenvalue weighted by molar-refractivity contribution is 5.85. The summed E-state index contributed by atoms with van der Waals surface area (Å²) in [5.74, 6) is -0.622. The molecule has 0 aliphatic heterocycles. The lowest BCUT2D eigenvalue weighted by atomic mass is 9.99. The van der Waals surface area contributed by atoms with E-state index in [1.165, 1.54) is 7.11 Å². The van der Waals surface area contributed by atoms with Crippen LogP contribution >= 0.6 is 0 Å². The number of aliphatic hydroxyl groups excluding tert-OH is 1. The van der Waals surface area contributed by atoms with Gasteiger partial charge in [-0.1, -0.05) is 27.2 Å². The molecule has 0 saturated heterocycles. The molecule has 1 amide bonds. The van der Waals surface area contributed by atoms with E-state index in [2.05, 4.69) is 5.32 Å². The molecule has 118 valence electrons. The van der Waals surface area contributed by atoms with Crippen LogP contribution in [0.2, 0.25) is 0 Å². The molecule has 6 nitrogen and oxygen atoms in total. The van der Waals surface area contributed by atoms with Gasteiger partial charge in [-0.2, -0.15) is 0 Å². The molecular weight excluding hydrogens is 260 g/mol. The minimum Gasteiger partial charge on any atom is -0.467 e. The Morgan fingerprint density at radius 2 is 1.95 bits per heavy atom. The third kappa shape index (κ3) is 6.86. The average Bonchev–Trinajstić information content (AvgIpc) is 2.43. The van der Waals surface area contributed by atoms with Crippen molar-refractivity contribution >= 4 is 11.9 Å². The van der Waals surface area contributed by atoms with Crippen LogP contribution in [0.3, 0.4) is 0 Å². The van der Waals surface area contributed by atoms with Gasteiger partial charge in [0.15, 0.2) is 0 Å². The van der Waals surface area contributed by atoms with Crippen molar-refractivity contribution in [2.75, 3.05) is 33.4 Å². The fourth-order valence-corrected chi connectivity index (χ4v) is 1.95. The summed E-state index contributed by atoms with van der Waals surface area (Å²) >= 11 is 0. The first kappa shape index (κ1) is 18.9. The Labute approximate surface area is 121 Å². The zero-order valence-corrected chi connectivity index (χ0v) is 13.0. The number of carbonyl (C=O) groups is 2. The Kier molecular flexibility index (Phi) is 10.0. The molecule has 20 heavy (non-hydrogen) atoms. The molecule has 0 spiro atoms. The van der Waals surface area contributed by atoms with Crippen LogP contribution in [-0.2, 0) is 14.3 Å². The number of amides is 1. The van der Waals surface area contributed by atoms with Crippen molar-refractivity contribution in [2.45, 2.75) is 39.7 Å². The second kappa shape index (κ2) is 10.6. The number of nitrogens with one attached hydrogen (secondary N) is 1. The van der Waals surface area contributed by atoms with Crippen LogP contribution in [0.5, 0.6) is 0 Å². The maximum absolute atomic E-state index is 12.0. The van der Waals surface area contributed by atoms with Gasteiger partial charge in [0.05, 0.1) is 20.3 Å². The average molecular weight is 288 g/mol. The van der Waals surface area contributed by atoms with Crippen molar-refractivity contribution in [3.05, 3.63) is 0 Å². The molecule has 0 aromatic carbocycles. The van der Waals surface area contributed by atoms with Gasteiger partial charge in [-0.15, -0.1) is 0 Å². The summed E-state index contributed by atoms with van der Waals surface area (Å²) in [6.45, 7) is 7.26. The number of nitrogens with zero attached hydrogens (tertiary/aromatic N) is 1. The molecule has 2 N–H and O–H groups in total. The summed E-state index contributed by atoms with van der Waals surface area (Å²) in [4.78, 5) is 25.6. The van der Waals surface area contributed by atoms with E-state index in [0.29, 0.717) is 6.54 Å². The van der Waals surface area contributed by atoms with Gasteiger partial charge in [0.2, 0.25) is 5.91 Å². The maximum atomic E-state index is 12.0. The SMILES string of the molecule is CCCN(CCO)CC(=O)N[C@H](C(=O)OC)[C@H](C)CC. The maximum Gasteiger partial charge on any atom is 0.328 e. The molecule has 0 aliphatic carbocycles. The molecular formula is C14H28N2O4. The standard InChI is InChI=1S/C14H28N2O4/c1-5-7-16(8-9-17)10-12(18)15-13(11(3)6-2)14(19)20-4/h11,13,17H,5-10H2,1-4H3,(H,15,18)/t11-,13+/m1/s1. The number of hydrogen-bond donors (Lipinski definition) is 2. The molecule has 0 fully saturated rings. The molecule has 0 bridgehead atoms. The van der Waals surface area contributed by atoms with Gasteiger partial charge in [-0.25, -0.2) is 4.79 Å². The molecule has 0 saturated carbocycles. The lowest BCUT2D eigenvalue weighted by molar-refractivity contribution is -0.146. The van der Waals surface area contributed by atoms with Crippen LogP contribution in [0.1, 0.15) is 33.6 Å². The summed E-state index contributed by atoms with van der Waals surface area (Å²) < 4.78 is 4.73. The Bertz CT molecular complexity index is 291. The summed E-state index contributed by atoms with van der Waals surface area (Å²) in [5.41, 5.74) is 0. The monoisotopic (exact) mass is 288 g/mol. The highest BCUT2D eigenvalue weighted by Gasteiger charge is 2.26. The fourth-order valence-electron chi connectivity index (χ4n) is 1.95. The Hall–Kier alpha value is -1.14. The van der Waals surface area contributed by atoms with Gasteiger partial charge >= 0.3 is 5.97 Å². The highest BCUT2D eigenvalue weighted by Crippen LogP contribution is 2.09. The molecule has 0 unspecified atom stereocenters. The lowest BCUT2D eigenvalue weighted by Crippen LogP contribution is -2.49. The van der Waals surface area contributed by atoms with Gasteiger partial charge in [0, 0.05) is 6.54 Å². The molecule has 0 rings (SSSR count). The van der Waals surface area contributed by atoms with Gasteiger partial charge < -0.3 is 15.2 Å². The Balaban J connectivity index is 4.54. The van der Waals surface area contributed by atoms with Gasteiger partial charge in [-0.05, 0) is 18.9 Å². The summed E-state index contributed by atoms with van der Waals surface area (Å²) in [6, 6.07) is -0.616. The van der Waals surface area contributed by atoms with E-state index >= 15 is 0 Å². The van der Waals surface area contributed by atoms with Crippen molar-refractivity contribution in [1.82, 2.24) is 10.2 Å². The first-order chi connectivity index (χ1) is 9.49. The van der Waals surface area contributed by atoms with Crippen molar-refractivity contribution < 1.29 is 19.4 Å². The summed E-state index contributed by atoms with van der Waals surface area (Å²) in [5, 5.41) is 11.7. The molecule has 0 aromatic rings. The zero-order chi connectivity index (χ0) is 15.5. The van der Waals surface area contributed by atoms with Crippen molar-refractivity contribution in [2.24, 2.45) is 5.92 Å². The smallest absolute Gasteiger partial charge is 0.328 e. The summed E-state index contributed by atoms with van der Waals surface area (Å²) in [6.07, 6.45) is 1.68. The number of methoxy groups -OCH3 is 1. The normalized spacial score (nSPS) is 13.9. The minimum atomic E-state index is -0.616. The largest absolute Gasteiger partial charge is 0.467 e. The van der Waals surface area contributed by atoms with E-state index in [0.717, 1.165) is 19.4 Å². The molecule has 0 aliphatic rings. The fraction of sp³-hybridized carbons (Fsp3) is 0.857. The van der Waals surface area contributed by atoms with Crippen LogP contribution in [0.25, 0.3) is 0 Å². The van der Waals surface area contributed by atoms with Crippen LogP contribution in [0.15, 0.2) is 0 Å². The third-order valence-electron chi connectivity index (χ3n) is 3.31. The predicted molar refractivity (Wildman–Crippen MR) is 77.2 cm³/mol. The Morgan fingerprint density at radius 3 is 2.40 bits per heavy atom. The first-order valence-electron chi connectivity index (χ1n) is 7.20. The highest BCUT2D eigenvalue weighted by atomic mass is 16.5. The number of ether oxygens (including phenoxy) is 1. The number of carbonyl (C=O) groups excluding carboxylic acids is 2. The lowest BCUT2D eigenvalue weighted by Gasteiger charge is -2.24. The molecule has 2 atom stereocenters. The van der Waals surface area contributed by atoms with E-state index in [1.807, 2.05) is 25.7 Å². The van der Waals surface area contributed by atoms with E-state index in [1.54, 1.807) is 0 Å². The van der Waals surface area contributed by atoms with Crippen LogP contribution in [0, 0.1) is 5.92 Å². The zero-order valence-electron chi connectivity index (χ0n) is 13.0. The number of esters is 1. The molecule has 0 radical (unpaired) electrons. The van der Waals surface area contributed by atoms with Crippen LogP contribution in [-0.4, -0.2) is 61.3 Å². The van der Waals surface area contributed by atoms with E-state index in [9.17, 15) is 9.59 Å². The van der Waals surface area contributed by atoms with Crippen molar-refractivity contribution in [1.29, 1.82) is 0 Å². The molecule has 6 heteroatoms. The van der Waals surface area contributed by atoms with E-state index in [4.69, 9.17) is 9.84 Å². The number of rotatable bonds is 10. The van der Waals surface area contributed by atoms with E-state index < -0.39 is 12.0 Å². The van der Waals surface area contributed by atoms with Gasteiger partial charge in [0.1, 0.15) is 6.04 Å². The van der Waals surface area contributed by atoms with Gasteiger partial charge in [-0.3, -0.25) is 9.69 Å². The quantitative estimate of drug-likeness (QED) is 0.569. The molecule has 0 heterocycles. The number of aliphatic hydroxyl groups is 1. The van der Waals surface area contributed by atoms with Crippen molar-refractivity contribution in [3.63, 3.8) is 0 Å². The Morgan fingerprint density at radius 1 is 1.30 bits per heavy atom. The van der Waals surface area contributed by atoms with E-state index in [-0.39, 0.29) is 25.0 Å². The second-order valence-electron chi connectivity index (χ2n) is 4.95. The molecule has 0 aromatic heterocycles. The third-order valence-corrected chi connectivity index (χ3v) is 3.31. The predicted octanol–water partition coefficient (Wildman–Crippen LogP) is 0.395. The number of hydrogen-bond acceptors (Lipinski definition) is 5. The van der Waals surface area contributed by atoms with Crippen LogP contribution < -0.4 is 5.32 Å². The second-order valence-corrected chi connectivity index (χ2v) is 4.95. The summed E-state index contributed by atoms with van der Waals surface area (Å²) in [7, 11) is 1.32. The topological polar surface area (TPSA) is 78.9 Å². The van der Waals surface area contributed by atoms with Crippen molar-refractivity contribution in [3.8, 4) is 0 Å².